The number of alkyl halides is 3. The standard InChI is InChI=1S/C14H21F3N2O/c1-3-19(4-2)8-5-9-20-13-7-6-11(18)10-12(13)14(15,16)17/h6-7,10H,3-5,8-9,18H2,1-2H3. The molecule has 20 heavy (non-hydrogen) atoms. The summed E-state index contributed by atoms with van der Waals surface area (Å²) in [5.74, 6) is -0.161. The Morgan fingerprint density at radius 3 is 2.40 bits per heavy atom. The average Bonchev–Trinajstić information content (AvgIpc) is 2.39. The minimum Gasteiger partial charge on any atom is -0.493 e. The molecule has 0 fully saturated rings. The van der Waals surface area contributed by atoms with E-state index in [1.807, 2.05) is 13.8 Å². The molecule has 6 heteroatoms. The maximum Gasteiger partial charge on any atom is 0.420 e. The molecule has 0 amide bonds. The number of nitrogens with two attached hydrogens (primary N) is 1. The molecule has 1 rings (SSSR count). The number of ether oxygens (including phenoxy) is 1. The topological polar surface area (TPSA) is 38.5 Å². The van der Waals surface area contributed by atoms with E-state index in [0.717, 1.165) is 25.7 Å². The predicted octanol–water partition coefficient (Wildman–Crippen LogP) is 3.40. The summed E-state index contributed by atoms with van der Waals surface area (Å²) in [5.41, 5.74) is 4.65. The molecule has 2 N–H and O–H groups in total. The SMILES string of the molecule is CCN(CC)CCCOc1ccc(N)cc1C(F)(F)F. The summed E-state index contributed by atoms with van der Waals surface area (Å²) in [6.07, 6.45) is -3.77. The monoisotopic (exact) mass is 290 g/mol. The summed E-state index contributed by atoms with van der Waals surface area (Å²) in [6.45, 7) is 7.00. The van der Waals surface area contributed by atoms with Crippen molar-refractivity contribution in [2.24, 2.45) is 0 Å². The number of hydrogen-bond acceptors (Lipinski definition) is 3. The van der Waals surface area contributed by atoms with Crippen LogP contribution in [0.2, 0.25) is 0 Å². The van der Waals surface area contributed by atoms with Gasteiger partial charge in [-0.1, -0.05) is 13.8 Å². The first-order valence-corrected chi connectivity index (χ1v) is 6.70. The number of nitrogen functional groups attached to an aromatic ring is 1. The first kappa shape index (κ1) is 16.6. The Kier molecular flexibility index (Phi) is 6.13. The van der Waals surface area contributed by atoms with Crippen LogP contribution >= 0.6 is 0 Å². The van der Waals surface area contributed by atoms with E-state index in [2.05, 4.69) is 4.90 Å². The largest absolute Gasteiger partial charge is 0.493 e. The van der Waals surface area contributed by atoms with Crippen molar-refractivity contribution >= 4 is 5.69 Å². The molecule has 0 saturated carbocycles. The molecule has 0 aromatic heterocycles. The highest BCUT2D eigenvalue weighted by atomic mass is 19.4. The van der Waals surface area contributed by atoms with Crippen LogP contribution in [0.15, 0.2) is 18.2 Å². The lowest BCUT2D eigenvalue weighted by Crippen LogP contribution is -2.25. The third-order valence-corrected chi connectivity index (χ3v) is 3.08. The second-order valence-corrected chi connectivity index (χ2v) is 4.48. The Morgan fingerprint density at radius 1 is 1.20 bits per heavy atom. The summed E-state index contributed by atoms with van der Waals surface area (Å²) in [6, 6.07) is 3.59. The number of rotatable bonds is 7. The Labute approximate surface area is 117 Å². The van der Waals surface area contributed by atoms with Crippen LogP contribution in [-0.4, -0.2) is 31.1 Å². The highest BCUT2D eigenvalue weighted by Crippen LogP contribution is 2.37. The maximum atomic E-state index is 12.8. The molecule has 1 aromatic carbocycles. The van der Waals surface area contributed by atoms with Crippen molar-refractivity contribution in [1.82, 2.24) is 4.90 Å². The summed E-state index contributed by atoms with van der Waals surface area (Å²) < 4.78 is 43.7. The molecule has 3 nitrogen and oxygen atoms in total. The molecule has 0 aliphatic heterocycles. The minimum absolute atomic E-state index is 0.0767. The lowest BCUT2D eigenvalue weighted by Gasteiger charge is -2.18. The van der Waals surface area contributed by atoms with Gasteiger partial charge in [-0.15, -0.1) is 0 Å². The fraction of sp³-hybridized carbons (Fsp3) is 0.571. The number of halogens is 3. The molecule has 114 valence electrons. The third-order valence-electron chi connectivity index (χ3n) is 3.08. The number of hydrogen-bond donors (Lipinski definition) is 1. The van der Waals surface area contributed by atoms with Crippen LogP contribution in [0, 0.1) is 0 Å². The van der Waals surface area contributed by atoms with Gasteiger partial charge in [0.1, 0.15) is 5.75 Å². The molecular formula is C14H21F3N2O. The quantitative estimate of drug-likeness (QED) is 0.618. The van der Waals surface area contributed by atoms with Gasteiger partial charge in [0, 0.05) is 12.2 Å². The summed E-state index contributed by atoms with van der Waals surface area (Å²) in [5, 5.41) is 0. The Balaban J connectivity index is 2.60. The van der Waals surface area contributed by atoms with Gasteiger partial charge in [-0.3, -0.25) is 0 Å². The van der Waals surface area contributed by atoms with Crippen LogP contribution in [0.4, 0.5) is 18.9 Å². The zero-order valence-electron chi connectivity index (χ0n) is 11.8. The van der Waals surface area contributed by atoms with Gasteiger partial charge in [0.15, 0.2) is 0 Å². The summed E-state index contributed by atoms with van der Waals surface area (Å²) >= 11 is 0. The highest BCUT2D eigenvalue weighted by molar-refractivity contribution is 5.49. The molecule has 0 radical (unpaired) electrons. The average molecular weight is 290 g/mol. The molecule has 0 bridgehead atoms. The van der Waals surface area contributed by atoms with Gasteiger partial charge >= 0.3 is 6.18 Å². The maximum absolute atomic E-state index is 12.8. The van der Waals surface area contributed by atoms with Crippen molar-refractivity contribution in [3.8, 4) is 5.75 Å². The molecule has 0 aliphatic rings. The van der Waals surface area contributed by atoms with Crippen molar-refractivity contribution in [3.05, 3.63) is 23.8 Å². The smallest absolute Gasteiger partial charge is 0.420 e. The van der Waals surface area contributed by atoms with Crippen molar-refractivity contribution in [2.45, 2.75) is 26.4 Å². The predicted molar refractivity (Wildman–Crippen MR) is 73.8 cm³/mol. The lowest BCUT2D eigenvalue weighted by molar-refractivity contribution is -0.138. The van der Waals surface area contributed by atoms with Crippen molar-refractivity contribution in [2.75, 3.05) is 32.0 Å². The zero-order valence-corrected chi connectivity index (χ0v) is 11.8. The molecule has 1 aromatic rings. The molecule has 0 spiro atoms. The Hall–Kier alpha value is -1.43. The Morgan fingerprint density at radius 2 is 1.85 bits per heavy atom. The second kappa shape index (κ2) is 7.38. The molecule has 0 heterocycles. The van der Waals surface area contributed by atoms with Gasteiger partial charge in [0.05, 0.1) is 12.2 Å². The van der Waals surface area contributed by atoms with E-state index in [1.54, 1.807) is 0 Å². The zero-order chi connectivity index (χ0) is 15.2. The van der Waals surface area contributed by atoms with Crippen LogP contribution in [0.1, 0.15) is 25.8 Å². The number of nitrogens with zero attached hydrogens (tertiary/aromatic N) is 1. The second-order valence-electron chi connectivity index (χ2n) is 4.48. The molecule has 0 unspecified atom stereocenters. The fourth-order valence-corrected chi connectivity index (χ4v) is 1.91. The van der Waals surface area contributed by atoms with E-state index >= 15 is 0 Å². The molecule has 0 atom stereocenters. The number of anilines is 1. The summed E-state index contributed by atoms with van der Waals surface area (Å²) in [7, 11) is 0. The minimum atomic E-state index is -4.45. The highest BCUT2D eigenvalue weighted by Gasteiger charge is 2.34. The Bertz CT molecular complexity index is 417. The number of benzene rings is 1. The van der Waals surface area contributed by atoms with Gasteiger partial charge in [-0.2, -0.15) is 13.2 Å². The summed E-state index contributed by atoms with van der Waals surface area (Å²) in [4.78, 5) is 2.19. The van der Waals surface area contributed by atoms with Crippen molar-refractivity contribution in [3.63, 3.8) is 0 Å². The van der Waals surface area contributed by atoms with Crippen LogP contribution in [0.25, 0.3) is 0 Å². The fourth-order valence-electron chi connectivity index (χ4n) is 1.91. The van der Waals surface area contributed by atoms with E-state index in [1.165, 1.54) is 12.1 Å². The van der Waals surface area contributed by atoms with Crippen LogP contribution < -0.4 is 10.5 Å². The van der Waals surface area contributed by atoms with E-state index < -0.39 is 11.7 Å². The van der Waals surface area contributed by atoms with E-state index in [4.69, 9.17) is 10.5 Å². The molecular weight excluding hydrogens is 269 g/mol. The van der Waals surface area contributed by atoms with E-state index in [-0.39, 0.29) is 18.0 Å². The van der Waals surface area contributed by atoms with Gasteiger partial charge in [-0.05, 0) is 37.7 Å². The van der Waals surface area contributed by atoms with Crippen molar-refractivity contribution < 1.29 is 17.9 Å². The third kappa shape index (κ3) is 4.92. The van der Waals surface area contributed by atoms with E-state index in [9.17, 15) is 13.2 Å². The lowest BCUT2D eigenvalue weighted by atomic mass is 10.1. The first-order valence-electron chi connectivity index (χ1n) is 6.70. The van der Waals surface area contributed by atoms with Gasteiger partial charge in [-0.25, -0.2) is 0 Å². The van der Waals surface area contributed by atoms with Crippen molar-refractivity contribution in [1.29, 1.82) is 0 Å². The normalized spacial score (nSPS) is 11.9. The van der Waals surface area contributed by atoms with Gasteiger partial charge < -0.3 is 15.4 Å². The van der Waals surface area contributed by atoms with Crippen LogP contribution in [0.5, 0.6) is 5.75 Å². The molecule has 0 aliphatic carbocycles. The van der Waals surface area contributed by atoms with Crippen LogP contribution in [0.3, 0.4) is 0 Å². The van der Waals surface area contributed by atoms with E-state index in [0.29, 0.717) is 6.42 Å². The van der Waals surface area contributed by atoms with Gasteiger partial charge in [0.25, 0.3) is 0 Å². The first-order chi connectivity index (χ1) is 9.38. The molecule has 0 saturated heterocycles. The van der Waals surface area contributed by atoms with Crippen LogP contribution in [-0.2, 0) is 6.18 Å². The van der Waals surface area contributed by atoms with Gasteiger partial charge in [0.2, 0.25) is 0 Å².